The molecule has 0 fully saturated rings. The lowest BCUT2D eigenvalue weighted by Crippen LogP contribution is -2.08. The van der Waals surface area contributed by atoms with Crippen LogP contribution in [0.5, 0.6) is 0 Å². The highest BCUT2D eigenvalue weighted by atomic mass is 16.5. The molecule has 0 atom stereocenters. The molecule has 0 spiro atoms. The van der Waals surface area contributed by atoms with E-state index >= 15 is 0 Å². The van der Waals surface area contributed by atoms with Crippen LogP contribution < -0.4 is 5.32 Å². The molecule has 0 aliphatic rings. The molecular weight excluding hydrogens is 262 g/mol. The van der Waals surface area contributed by atoms with E-state index in [0.29, 0.717) is 13.2 Å². The summed E-state index contributed by atoms with van der Waals surface area (Å²) < 4.78 is 10.3. The van der Waals surface area contributed by atoms with E-state index in [1.54, 1.807) is 7.11 Å². The predicted octanol–water partition coefficient (Wildman–Crippen LogP) is 3.82. The maximum atomic E-state index is 5.42. The molecule has 2 aromatic carbocycles. The summed E-state index contributed by atoms with van der Waals surface area (Å²) in [5, 5.41) is 3.40. The zero-order chi connectivity index (χ0) is 14.8. The van der Waals surface area contributed by atoms with Gasteiger partial charge in [-0.15, -0.1) is 0 Å². The summed E-state index contributed by atoms with van der Waals surface area (Å²) in [6, 6.07) is 18.9. The predicted molar refractivity (Wildman–Crippen MR) is 87.7 cm³/mol. The number of hydrogen-bond donors (Lipinski definition) is 1. The van der Waals surface area contributed by atoms with E-state index in [9.17, 15) is 0 Å². The van der Waals surface area contributed by atoms with Crippen molar-refractivity contribution in [3.63, 3.8) is 0 Å². The molecule has 21 heavy (non-hydrogen) atoms. The van der Waals surface area contributed by atoms with E-state index in [2.05, 4.69) is 53.8 Å². The number of nitrogens with one attached hydrogen (secondary N) is 1. The average molecular weight is 285 g/mol. The molecule has 0 heterocycles. The van der Waals surface area contributed by atoms with Crippen molar-refractivity contribution in [2.24, 2.45) is 0 Å². The van der Waals surface area contributed by atoms with Gasteiger partial charge in [-0.25, -0.2) is 0 Å². The number of anilines is 1. The van der Waals surface area contributed by atoms with Crippen molar-refractivity contribution in [1.82, 2.24) is 0 Å². The van der Waals surface area contributed by atoms with Gasteiger partial charge in [0.05, 0.1) is 13.2 Å². The van der Waals surface area contributed by atoms with Crippen LogP contribution in [-0.2, 0) is 9.47 Å². The molecule has 3 heteroatoms. The minimum atomic E-state index is 0.661. The fourth-order valence-electron chi connectivity index (χ4n) is 2.06. The smallest absolute Gasteiger partial charge is 0.0700 e. The van der Waals surface area contributed by atoms with E-state index in [0.717, 1.165) is 25.3 Å². The zero-order valence-electron chi connectivity index (χ0n) is 12.5. The minimum absolute atomic E-state index is 0.661. The van der Waals surface area contributed by atoms with Crippen LogP contribution in [0.15, 0.2) is 54.6 Å². The summed E-state index contributed by atoms with van der Waals surface area (Å²) in [6.07, 6.45) is 0.990. The first kappa shape index (κ1) is 15.5. The Morgan fingerprint density at radius 2 is 1.52 bits per heavy atom. The van der Waals surface area contributed by atoms with Crippen LogP contribution in [0.25, 0.3) is 11.1 Å². The first-order valence-corrected chi connectivity index (χ1v) is 7.36. The quantitative estimate of drug-likeness (QED) is 0.710. The standard InChI is InChI=1S/C18H23NO2/c1-20-14-15-21-13-5-12-19-18-10-8-17(9-11-18)16-6-3-2-4-7-16/h2-4,6-11,19H,5,12-15H2,1H3. The van der Waals surface area contributed by atoms with E-state index in [-0.39, 0.29) is 0 Å². The van der Waals surface area contributed by atoms with Gasteiger partial charge < -0.3 is 14.8 Å². The van der Waals surface area contributed by atoms with E-state index in [4.69, 9.17) is 9.47 Å². The van der Waals surface area contributed by atoms with Crippen molar-refractivity contribution in [2.45, 2.75) is 6.42 Å². The Morgan fingerprint density at radius 1 is 0.810 bits per heavy atom. The topological polar surface area (TPSA) is 30.5 Å². The molecule has 2 aromatic rings. The molecule has 3 nitrogen and oxygen atoms in total. The third kappa shape index (κ3) is 5.58. The van der Waals surface area contributed by atoms with Crippen LogP contribution in [0.1, 0.15) is 6.42 Å². The van der Waals surface area contributed by atoms with Gasteiger partial charge in [-0.2, -0.15) is 0 Å². The molecule has 1 N–H and O–H groups in total. The average Bonchev–Trinajstić information content (AvgIpc) is 2.55. The zero-order valence-corrected chi connectivity index (χ0v) is 12.5. The molecule has 0 aliphatic heterocycles. The Labute approximate surface area is 126 Å². The summed E-state index contributed by atoms with van der Waals surface area (Å²) in [5.74, 6) is 0. The van der Waals surface area contributed by atoms with E-state index < -0.39 is 0 Å². The molecule has 0 aliphatic carbocycles. The molecule has 0 saturated carbocycles. The number of benzene rings is 2. The van der Waals surface area contributed by atoms with Gasteiger partial charge in [-0.3, -0.25) is 0 Å². The first-order valence-electron chi connectivity index (χ1n) is 7.36. The molecule has 0 radical (unpaired) electrons. The van der Waals surface area contributed by atoms with Crippen molar-refractivity contribution in [1.29, 1.82) is 0 Å². The number of ether oxygens (including phenoxy) is 2. The summed E-state index contributed by atoms with van der Waals surface area (Å²) in [6.45, 7) is 3.01. The SMILES string of the molecule is COCCOCCCNc1ccc(-c2ccccc2)cc1. The highest BCUT2D eigenvalue weighted by Crippen LogP contribution is 2.20. The van der Waals surface area contributed by atoms with E-state index in [1.807, 2.05) is 6.07 Å². The van der Waals surface area contributed by atoms with Gasteiger partial charge in [0.1, 0.15) is 0 Å². The van der Waals surface area contributed by atoms with Gasteiger partial charge in [0.15, 0.2) is 0 Å². The molecule has 0 bridgehead atoms. The second-order valence-electron chi connectivity index (χ2n) is 4.83. The molecule has 0 saturated heterocycles. The van der Waals surface area contributed by atoms with Gasteiger partial charge in [0, 0.05) is 25.9 Å². The monoisotopic (exact) mass is 285 g/mol. The third-order valence-electron chi connectivity index (χ3n) is 3.22. The Hall–Kier alpha value is -1.84. The molecular formula is C18H23NO2. The molecule has 0 aromatic heterocycles. The van der Waals surface area contributed by atoms with Crippen LogP contribution in [0.3, 0.4) is 0 Å². The Bertz CT molecular complexity index is 496. The normalized spacial score (nSPS) is 10.5. The van der Waals surface area contributed by atoms with Crippen LogP contribution in [0, 0.1) is 0 Å². The lowest BCUT2D eigenvalue weighted by Gasteiger charge is -2.08. The van der Waals surface area contributed by atoms with Gasteiger partial charge in [-0.05, 0) is 29.7 Å². The maximum Gasteiger partial charge on any atom is 0.0700 e. The number of methoxy groups -OCH3 is 1. The van der Waals surface area contributed by atoms with Crippen LogP contribution in [0.4, 0.5) is 5.69 Å². The lowest BCUT2D eigenvalue weighted by molar-refractivity contribution is 0.0705. The van der Waals surface area contributed by atoms with Crippen molar-refractivity contribution in [3.05, 3.63) is 54.6 Å². The summed E-state index contributed by atoms with van der Waals surface area (Å²) in [4.78, 5) is 0. The lowest BCUT2D eigenvalue weighted by atomic mass is 10.1. The van der Waals surface area contributed by atoms with Gasteiger partial charge in [-0.1, -0.05) is 42.5 Å². The number of rotatable bonds is 9. The molecule has 112 valence electrons. The van der Waals surface area contributed by atoms with E-state index in [1.165, 1.54) is 11.1 Å². The van der Waals surface area contributed by atoms with Crippen LogP contribution in [0.2, 0.25) is 0 Å². The Kier molecular flexibility index (Phi) is 6.78. The second-order valence-corrected chi connectivity index (χ2v) is 4.83. The van der Waals surface area contributed by atoms with Crippen molar-refractivity contribution in [2.75, 3.05) is 38.8 Å². The molecule has 0 amide bonds. The Morgan fingerprint density at radius 3 is 2.24 bits per heavy atom. The Balaban J connectivity index is 1.71. The van der Waals surface area contributed by atoms with Gasteiger partial charge in [0.25, 0.3) is 0 Å². The minimum Gasteiger partial charge on any atom is -0.385 e. The van der Waals surface area contributed by atoms with Gasteiger partial charge >= 0.3 is 0 Å². The van der Waals surface area contributed by atoms with Crippen molar-refractivity contribution in [3.8, 4) is 11.1 Å². The fourth-order valence-corrected chi connectivity index (χ4v) is 2.06. The maximum absolute atomic E-state index is 5.42. The third-order valence-corrected chi connectivity index (χ3v) is 3.22. The van der Waals surface area contributed by atoms with Gasteiger partial charge in [0.2, 0.25) is 0 Å². The highest BCUT2D eigenvalue weighted by molar-refractivity contribution is 5.65. The molecule has 2 rings (SSSR count). The first-order chi connectivity index (χ1) is 10.4. The van der Waals surface area contributed by atoms with Crippen LogP contribution in [-0.4, -0.2) is 33.5 Å². The second kappa shape index (κ2) is 9.16. The van der Waals surface area contributed by atoms with Crippen molar-refractivity contribution < 1.29 is 9.47 Å². The molecule has 0 unspecified atom stereocenters. The largest absolute Gasteiger partial charge is 0.385 e. The fraction of sp³-hybridized carbons (Fsp3) is 0.333. The summed E-state index contributed by atoms with van der Waals surface area (Å²) >= 11 is 0. The summed E-state index contributed by atoms with van der Waals surface area (Å²) in [7, 11) is 1.68. The highest BCUT2D eigenvalue weighted by Gasteiger charge is 1.97. The summed E-state index contributed by atoms with van der Waals surface area (Å²) in [5.41, 5.74) is 3.63. The van der Waals surface area contributed by atoms with Crippen molar-refractivity contribution >= 4 is 5.69 Å². The van der Waals surface area contributed by atoms with Crippen LogP contribution >= 0.6 is 0 Å². The number of hydrogen-bond acceptors (Lipinski definition) is 3.